The first-order valence-electron chi connectivity index (χ1n) is 6.43. The Morgan fingerprint density at radius 2 is 1.90 bits per heavy atom. The number of nitrogen functional groups attached to an aromatic ring is 1. The van der Waals surface area contributed by atoms with Crippen molar-refractivity contribution in [2.24, 2.45) is 0 Å². The highest BCUT2D eigenvalue weighted by Crippen LogP contribution is 2.15. The molecule has 0 unspecified atom stereocenters. The topological polar surface area (TPSA) is 46.3 Å². The molecule has 0 atom stereocenters. The van der Waals surface area contributed by atoms with Crippen molar-refractivity contribution in [2.75, 3.05) is 17.7 Å². The van der Waals surface area contributed by atoms with Gasteiger partial charge in [-0.15, -0.1) is 0 Å². The molecule has 1 amide bonds. The number of nitrogens with zero attached hydrogens (tertiary/aromatic N) is 1. The monoisotopic (exact) mass is 272 g/mol. The van der Waals surface area contributed by atoms with Crippen LogP contribution in [0.25, 0.3) is 0 Å². The van der Waals surface area contributed by atoms with Gasteiger partial charge in [0.2, 0.25) is 5.91 Å². The van der Waals surface area contributed by atoms with Gasteiger partial charge in [-0.3, -0.25) is 4.79 Å². The zero-order chi connectivity index (χ0) is 14.5. The van der Waals surface area contributed by atoms with Crippen molar-refractivity contribution in [3.05, 3.63) is 59.9 Å². The molecule has 0 saturated carbocycles. The van der Waals surface area contributed by atoms with Gasteiger partial charge in [-0.2, -0.15) is 0 Å². The third-order valence-corrected chi connectivity index (χ3v) is 3.17. The van der Waals surface area contributed by atoms with E-state index in [0.29, 0.717) is 24.2 Å². The lowest BCUT2D eigenvalue weighted by molar-refractivity contribution is -0.118. The second-order valence-electron chi connectivity index (χ2n) is 4.67. The Hall–Kier alpha value is -2.36. The molecular weight excluding hydrogens is 255 g/mol. The molecule has 2 aromatic rings. The first-order chi connectivity index (χ1) is 9.56. The van der Waals surface area contributed by atoms with Crippen LogP contribution in [-0.2, 0) is 11.2 Å². The van der Waals surface area contributed by atoms with E-state index in [1.54, 1.807) is 19.2 Å². The lowest BCUT2D eigenvalue weighted by Gasteiger charge is -2.17. The molecule has 0 saturated heterocycles. The third kappa shape index (κ3) is 3.57. The Morgan fingerprint density at radius 1 is 1.20 bits per heavy atom. The second kappa shape index (κ2) is 6.19. The normalized spacial score (nSPS) is 10.3. The predicted octanol–water partition coefficient (Wildman–Crippen LogP) is 3.00. The third-order valence-electron chi connectivity index (χ3n) is 3.17. The van der Waals surface area contributed by atoms with Gasteiger partial charge < -0.3 is 10.6 Å². The van der Waals surface area contributed by atoms with Crippen LogP contribution in [0.4, 0.5) is 15.8 Å². The van der Waals surface area contributed by atoms with Gasteiger partial charge in [0.25, 0.3) is 0 Å². The van der Waals surface area contributed by atoms with Crippen LogP contribution < -0.4 is 10.6 Å². The second-order valence-corrected chi connectivity index (χ2v) is 4.67. The summed E-state index contributed by atoms with van der Waals surface area (Å²) in [6, 6.07) is 13.4. The van der Waals surface area contributed by atoms with E-state index in [0.717, 1.165) is 5.56 Å². The summed E-state index contributed by atoms with van der Waals surface area (Å²) in [5.41, 5.74) is 8.11. The molecule has 0 aliphatic heterocycles. The summed E-state index contributed by atoms with van der Waals surface area (Å²) in [6.07, 6.45) is 1.02. The van der Waals surface area contributed by atoms with E-state index in [9.17, 15) is 9.18 Å². The van der Waals surface area contributed by atoms with E-state index in [-0.39, 0.29) is 11.7 Å². The molecule has 0 aromatic heterocycles. The van der Waals surface area contributed by atoms with Crippen LogP contribution in [0.5, 0.6) is 0 Å². The molecule has 0 heterocycles. The molecule has 0 aliphatic rings. The Morgan fingerprint density at radius 3 is 2.55 bits per heavy atom. The smallest absolute Gasteiger partial charge is 0.227 e. The summed E-state index contributed by atoms with van der Waals surface area (Å²) >= 11 is 0. The van der Waals surface area contributed by atoms with Gasteiger partial charge >= 0.3 is 0 Å². The highest BCUT2D eigenvalue weighted by molar-refractivity contribution is 5.92. The number of carbonyl (C=O) groups excluding carboxylic acids is 1. The molecule has 2 N–H and O–H groups in total. The fraction of sp³-hybridized carbons (Fsp3) is 0.188. The van der Waals surface area contributed by atoms with Gasteiger partial charge in [0.15, 0.2) is 0 Å². The Balaban J connectivity index is 1.96. The highest BCUT2D eigenvalue weighted by Gasteiger charge is 2.11. The molecule has 0 fully saturated rings. The number of benzene rings is 2. The maximum atomic E-state index is 12.8. The van der Waals surface area contributed by atoms with Crippen molar-refractivity contribution in [3.8, 4) is 0 Å². The average Bonchev–Trinajstić information content (AvgIpc) is 2.45. The number of hydrogen-bond acceptors (Lipinski definition) is 2. The molecule has 20 heavy (non-hydrogen) atoms. The van der Waals surface area contributed by atoms with Crippen LogP contribution in [0, 0.1) is 5.82 Å². The van der Waals surface area contributed by atoms with E-state index in [2.05, 4.69) is 0 Å². The number of carbonyl (C=O) groups is 1. The van der Waals surface area contributed by atoms with Crippen LogP contribution in [0.2, 0.25) is 0 Å². The number of halogens is 1. The first-order valence-corrected chi connectivity index (χ1v) is 6.43. The van der Waals surface area contributed by atoms with Crippen molar-refractivity contribution in [3.63, 3.8) is 0 Å². The van der Waals surface area contributed by atoms with E-state index in [1.807, 2.05) is 24.3 Å². The van der Waals surface area contributed by atoms with Gasteiger partial charge in [0, 0.05) is 24.8 Å². The van der Waals surface area contributed by atoms with Crippen molar-refractivity contribution in [1.82, 2.24) is 0 Å². The maximum absolute atomic E-state index is 12.8. The summed E-state index contributed by atoms with van der Waals surface area (Å²) in [5, 5.41) is 0. The molecule has 0 bridgehead atoms. The molecule has 2 rings (SSSR count). The predicted molar refractivity (Wildman–Crippen MR) is 79.0 cm³/mol. The van der Waals surface area contributed by atoms with Crippen molar-refractivity contribution < 1.29 is 9.18 Å². The molecule has 0 radical (unpaired) electrons. The minimum Gasteiger partial charge on any atom is -0.399 e. The maximum Gasteiger partial charge on any atom is 0.227 e. The fourth-order valence-corrected chi connectivity index (χ4v) is 1.98. The van der Waals surface area contributed by atoms with Crippen LogP contribution in [0.1, 0.15) is 12.0 Å². The van der Waals surface area contributed by atoms with Gasteiger partial charge in [0.1, 0.15) is 5.82 Å². The van der Waals surface area contributed by atoms with Gasteiger partial charge in [0.05, 0.1) is 0 Å². The first kappa shape index (κ1) is 14.1. The van der Waals surface area contributed by atoms with Crippen molar-refractivity contribution >= 4 is 17.3 Å². The number of rotatable bonds is 4. The molecule has 0 aliphatic carbocycles. The standard InChI is InChI=1S/C16H17FN2O/c1-19(15-8-6-13(17)7-9-15)16(20)10-5-12-3-2-4-14(18)11-12/h2-4,6-9,11H,5,10,18H2,1H3. The van der Waals surface area contributed by atoms with Crippen molar-refractivity contribution in [1.29, 1.82) is 0 Å². The lowest BCUT2D eigenvalue weighted by atomic mass is 10.1. The molecular formula is C16H17FN2O. The molecule has 4 heteroatoms. The van der Waals surface area contributed by atoms with Crippen LogP contribution >= 0.6 is 0 Å². The zero-order valence-electron chi connectivity index (χ0n) is 11.3. The quantitative estimate of drug-likeness (QED) is 0.870. The van der Waals surface area contributed by atoms with Gasteiger partial charge in [-0.1, -0.05) is 12.1 Å². The minimum absolute atomic E-state index is 0.0148. The summed E-state index contributed by atoms with van der Waals surface area (Å²) in [7, 11) is 1.69. The van der Waals surface area contributed by atoms with Gasteiger partial charge in [-0.05, 0) is 48.4 Å². The Kier molecular flexibility index (Phi) is 4.35. The number of nitrogens with two attached hydrogens (primary N) is 1. The Bertz CT molecular complexity index is 596. The summed E-state index contributed by atoms with van der Waals surface area (Å²) in [6.45, 7) is 0. The van der Waals surface area contributed by atoms with E-state index >= 15 is 0 Å². The molecule has 2 aromatic carbocycles. The SMILES string of the molecule is CN(C(=O)CCc1cccc(N)c1)c1ccc(F)cc1. The van der Waals surface area contributed by atoms with Crippen LogP contribution in [0.15, 0.2) is 48.5 Å². The van der Waals surface area contributed by atoms with Crippen LogP contribution in [0.3, 0.4) is 0 Å². The summed E-state index contributed by atoms with van der Waals surface area (Å²) in [5.74, 6) is -0.326. The molecule has 0 spiro atoms. The summed E-state index contributed by atoms with van der Waals surface area (Å²) in [4.78, 5) is 13.6. The van der Waals surface area contributed by atoms with Gasteiger partial charge in [-0.25, -0.2) is 4.39 Å². The average molecular weight is 272 g/mol. The van der Waals surface area contributed by atoms with E-state index < -0.39 is 0 Å². The minimum atomic E-state index is -0.311. The zero-order valence-corrected chi connectivity index (χ0v) is 11.3. The number of hydrogen-bond donors (Lipinski definition) is 1. The molecule has 104 valence electrons. The van der Waals surface area contributed by atoms with Crippen LogP contribution in [-0.4, -0.2) is 13.0 Å². The largest absolute Gasteiger partial charge is 0.399 e. The Labute approximate surface area is 117 Å². The molecule has 3 nitrogen and oxygen atoms in total. The number of aryl methyl sites for hydroxylation is 1. The van der Waals surface area contributed by atoms with E-state index in [1.165, 1.54) is 17.0 Å². The van der Waals surface area contributed by atoms with E-state index in [4.69, 9.17) is 5.73 Å². The highest BCUT2D eigenvalue weighted by atomic mass is 19.1. The summed E-state index contributed by atoms with van der Waals surface area (Å²) < 4.78 is 12.8. The number of anilines is 2. The lowest BCUT2D eigenvalue weighted by Crippen LogP contribution is -2.26. The van der Waals surface area contributed by atoms with Crippen molar-refractivity contribution in [2.45, 2.75) is 12.8 Å². The number of amides is 1. The fourth-order valence-electron chi connectivity index (χ4n) is 1.98.